The summed E-state index contributed by atoms with van der Waals surface area (Å²) in [7, 11) is 0. The van der Waals surface area contributed by atoms with Gasteiger partial charge in [0.15, 0.2) is 0 Å². The summed E-state index contributed by atoms with van der Waals surface area (Å²) in [6, 6.07) is 9.66. The van der Waals surface area contributed by atoms with E-state index in [0.717, 1.165) is 6.61 Å². The average molecular weight is 259 g/mol. The van der Waals surface area contributed by atoms with E-state index in [4.69, 9.17) is 4.74 Å². The van der Waals surface area contributed by atoms with E-state index < -0.39 is 0 Å². The number of aryl methyl sites for hydroxylation is 1. The summed E-state index contributed by atoms with van der Waals surface area (Å²) in [5, 5.41) is 3.86. The molecule has 1 aromatic carbocycles. The first kappa shape index (κ1) is 13.1. The third-order valence-corrected chi connectivity index (χ3v) is 5.19. The summed E-state index contributed by atoms with van der Waals surface area (Å²) in [4.78, 5) is 0. The van der Waals surface area contributed by atoms with E-state index in [1.807, 2.05) is 0 Å². The van der Waals surface area contributed by atoms with Gasteiger partial charge in [0.2, 0.25) is 0 Å². The van der Waals surface area contributed by atoms with Gasteiger partial charge in [0.25, 0.3) is 0 Å². The second kappa shape index (κ2) is 4.60. The Bertz CT molecular complexity index is 468. The molecule has 3 rings (SSSR count). The van der Waals surface area contributed by atoms with E-state index in [9.17, 15) is 0 Å². The highest BCUT2D eigenvalue weighted by atomic mass is 16.5. The van der Waals surface area contributed by atoms with E-state index in [1.165, 1.54) is 17.5 Å². The van der Waals surface area contributed by atoms with Crippen LogP contribution in [0, 0.1) is 18.3 Å². The molecule has 0 spiro atoms. The molecule has 1 aliphatic heterocycles. The van der Waals surface area contributed by atoms with Gasteiger partial charge in [0.1, 0.15) is 0 Å². The Labute approximate surface area is 116 Å². The second-order valence-electron chi connectivity index (χ2n) is 6.79. The van der Waals surface area contributed by atoms with Gasteiger partial charge in [0.05, 0.1) is 6.10 Å². The molecule has 1 aromatic rings. The SMILES string of the molecule is Cc1ccccc1[C@@H](C)NC1C2CCOC2C1(C)C. The second-order valence-corrected chi connectivity index (χ2v) is 6.79. The molecule has 2 fully saturated rings. The van der Waals surface area contributed by atoms with Crippen molar-refractivity contribution in [3.63, 3.8) is 0 Å². The maximum absolute atomic E-state index is 5.87. The van der Waals surface area contributed by atoms with Crippen molar-refractivity contribution in [2.75, 3.05) is 6.61 Å². The van der Waals surface area contributed by atoms with Crippen LogP contribution in [0.3, 0.4) is 0 Å². The number of benzene rings is 1. The van der Waals surface area contributed by atoms with Crippen LogP contribution in [0.2, 0.25) is 0 Å². The standard InChI is InChI=1S/C17H25NO/c1-11-7-5-6-8-13(11)12(2)18-15-14-9-10-19-16(14)17(15,3)4/h5-8,12,14-16,18H,9-10H2,1-4H3/t12-,14?,15?,16?/m1/s1. The molecule has 1 saturated heterocycles. The first-order valence-corrected chi connectivity index (χ1v) is 7.45. The zero-order valence-electron chi connectivity index (χ0n) is 12.4. The third-order valence-electron chi connectivity index (χ3n) is 5.19. The number of fused-ring (bicyclic) bond motifs is 1. The van der Waals surface area contributed by atoms with Gasteiger partial charge in [-0.3, -0.25) is 0 Å². The molecular formula is C17H25NO. The van der Waals surface area contributed by atoms with Crippen molar-refractivity contribution in [2.24, 2.45) is 11.3 Å². The average Bonchev–Trinajstić information content (AvgIpc) is 2.83. The van der Waals surface area contributed by atoms with Crippen molar-refractivity contribution in [1.82, 2.24) is 5.32 Å². The number of rotatable bonds is 3. The number of hydrogen-bond acceptors (Lipinski definition) is 2. The largest absolute Gasteiger partial charge is 0.377 e. The van der Waals surface area contributed by atoms with Crippen LogP contribution in [-0.4, -0.2) is 18.8 Å². The molecule has 1 saturated carbocycles. The van der Waals surface area contributed by atoms with Gasteiger partial charge in [-0.2, -0.15) is 0 Å². The van der Waals surface area contributed by atoms with E-state index in [2.05, 4.69) is 57.3 Å². The fourth-order valence-electron chi connectivity index (χ4n) is 4.09. The third kappa shape index (κ3) is 2.02. The Balaban J connectivity index is 1.74. The molecule has 19 heavy (non-hydrogen) atoms. The van der Waals surface area contributed by atoms with E-state index in [-0.39, 0.29) is 5.41 Å². The molecule has 2 nitrogen and oxygen atoms in total. The summed E-state index contributed by atoms with van der Waals surface area (Å²) in [5.41, 5.74) is 3.05. The number of hydrogen-bond donors (Lipinski definition) is 1. The van der Waals surface area contributed by atoms with Gasteiger partial charge in [-0.05, 0) is 31.4 Å². The van der Waals surface area contributed by atoms with Crippen molar-refractivity contribution in [3.8, 4) is 0 Å². The zero-order chi connectivity index (χ0) is 13.6. The number of nitrogens with one attached hydrogen (secondary N) is 1. The Morgan fingerprint density at radius 1 is 1.32 bits per heavy atom. The fraction of sp³-hybridized carbons (Fsp3) is 0.647. The Hall–Kier alpha value is -0.860. The van der Waals surface area contributed by atoms with Gasteiger partial charge >= 0.3 is 0 Å². The van der Waals surface area contributed by atoms with Gasteiger partial charge in [-0.25, -0.2) is 0 Å². The van der Waals surface area contributed by atoms with Crippen LogP contribution in [-0.2, 0) is 4.74 Å². The van der Waals surface area contributed by atoms with Crippen molar-refractivity contribution < 1.29 is 4.74 Å². The fourth-order valence-corrected chi connectivity index (χ4v) is 4.09. The summed E-state index contributed by atoms with van der Waals surface area (Å²) >= 11 is 0. The predicted octanol–water partition coefficient (Wildman–Crippen LogP) is 3.46. The van der Waals surface area contributed by atoms with Crippen molar-refractivity contribution in [1.29, 1.82) is 0 Å². The number of ether oxygens (including phenoxy) is 1. The minimum Gasteiger partial charge on any atom is -0.377 e. The van der Waals surface area contributed by atoms with E-state index >= 15 is 0 Å². The van der Waals surface area contributed by atoms with Crippen LogP contribution >= 0.6 is 0 Å². The Morgan fingerprint density at radius 2 is 2.05 bits per heavy atom. The van der Waals surface area contributed by atoms with Gasteiger partial charge < -0.3 is 10.1 Å². The van der Waals surface area contributed by atoms with Gasteiger partial charge in [-0.1, -0.05) is 38.1 Å². The van der Waals surface area contributed by atoms with Crippen molar-refractivity contribution >= 4 is 0 Å². The molecule has 0 aromatic heterocycles. The van der Waals surface area contributed by atoms with Crippen LogP contribution in [0.4, 0.5) is 0 Å². The first-order valence-electron chi connectivity index (χ1n) is 7.45. The molecule has 1 aliphatic carbocycles. The Kier molecular flexibility index (Phi) is 3.18. The topological polar surface area (TPSA) is 21.3 Å². The molecule has 0 bridgehead atoms. The van der Waals surface area contributed by atoms with Gasteiger partial charge in [-0.15, -0.1) is 0 Å². The quantitative estimate of drug-likeness (QED) is 0.897. The maximum Gasteiger partial charge on any atom is 0.0685 e. The monoisotopic (exact) mass is 259 g/mol. The first-order chi connectivity index (χ1) is 9.01. The lowest BCUT2D eigenvalue weighted by Crippen LogP contribution is -2.66. The highest BCUT2D eigenvalue weighted by Crippen LogP contribution is 2.52. The molecule has 3 unspecified atom stereocenters. The van der Waals surface area contributed by atoms with E-state index in [1.54, 1.807) is 0 Å². The molecule has 0 radical (unpaired) electrons. The molecule has 4 atom stereocenters. The maximum atomic E-state index is 5.87. The molecular weight excluding hydrogens is 234 g/mol. The molecule has 2 aliphatic rings. The predicted molar refractivity (Wildman–Crippen MR) is 78.1 cm³/mol. The molecule has 0 amide bonds. The van der Waals surface area contributed by atoms with Crippen LogP contribution in [0.25, 0.3) is 0 Å². The lowest BCUT2D eigenvalue weighted by Gasteiger charge is -2.55. The summed E-state index contributed by atoms with van der Waals surface area (Å²) in [5.74, 6) is 0.710. The molecule has 1 heterocycles. The smallest absolute Gasteiger partial charge is 0.0685 e. The normalized spacial score (nSPS) is 33.6. The molecule has 2 heteroatoms. The minimum absolute atomic E-state index is 0.262. The highest BCUT2D eigenvalue weighted by Gasteiger charge is 2.59. The molecule has 104 valence electrons. The highest BCUT2D eigenvalue weighted by molar-refractivity contribution is 5.29. The summed E-state index contributed by atoms with van der Waals surface area (Å²) in [6.45, 7) is 10.1. The summed E-state index contributed by atoms with van der Waals surface area (Å²) in [6.07, 6.45) is 1.68. The van der Waals surface area contributed by atoms with Crippen LogP contribution in [0.15, 0.2) is 24.3 Å². The van der Waals surface area contributed by atoms with Crippen molar-refractivity contribution in [2.45, 2.75) is 52.3 Å². The lowest BCUT2D eigenvalue weighted by molar-refractivity contribution is -0.115. The molecule has 1 N–H and O–H groups in total. The minimum atomic E-state index is 0.262. The van der Waals surface area contributed by atoms with Crippen LogP contribution < -0.4 is 5.32 Å². The Morgan fingerprint density at radius 3 is 2.79 bits per heavy atom. The van der Waals surface area contributed by atoms with Gasteiger partial charge in [0, 0.05) is 30.0 Å². The van der Waals surface area contributed by atoms with Crippen LogP contribution in [0.1, 0.15) is 44.4 Å². The van der Waals surface area contributed by atoms with Crippen LogP contribution in [0.5, 0.6) is 0 Å². The van der Waals surface area contributed by atoms with E-state index in [0.29, 0.717) is 24.1 Å². The van der Waals surface area contributed by atoms with Crippen molar-refractivity contribution in [3.05, 3.63) is 35.4 Å². The lowest BCUT2D eigenvalue weighted by atomic mass is 9.57. The summed E-state index contributed by atoms with van der Waals surface area (Å²) < 4.78 is 5.87. The zero-order valence-corrected chi connectivity index (χ0v) is 12.4.